The SMILES string of the molecule is COc1ccc2cc1OCC(=O)NCc1cc(C(=O)NCc3cccnc3-n3cncn3)cc(c1)-n1ccnc1-2. The van der Waals surface area contributed by atoms with E-state index in [1.54, 1.807) is 60.8 Å². The van der Waals surface area contributed by atoms with Crippen LogP contribution in [0.2, 0.25) is 0 Å². The molecule has 0 aliphatic carbocycles. The maximum absolute atomic E-state index is 13.4. The summed E-state index contributed by atoms with van der Waals surface area (Å²) < 4.78 is 14.6. The molecule has 0 radical (unpaired) electrons. The van der Waals surface area contributed by atoms with Crippen LogP contribution in [0.1, 0.15) is 21.5 Å². The molecule has 12 nitrogen and oxygen atoms in total. The van der Waals surface area contributed by atoms with Crippen molar-refractivity contribution in [1.29, 1.82) is 0 Å². The lowest BCUT2D eigenvalue weighted by Gasteiger charge is -2.14. The maximum Gasteiger partial charge on any atom is 0.258 e. The maximum atomic E-state index is 13.4. The van der Waals surface area contributed by atoms with Crippen LogP contribution < -0.4 is 20.1 Å². The lowest BCUT2D eigenvalue weighted by Crippen LogP contribution is -2.29. The third-order valence-electron chi connectivity index (χ3n) is 6.37. The van der Waals surface area contributed by atoms with Gasteiger partial charge in [0.15, 0.2) is 23.9 Å². The molecule has 4 bridgehead atoms. The highest BCUT2D eigenvalue weighted by Gasteiger charge is 2.18. The van der Waals surface area contributed by atoms with Gasteiger partial charge in [-0.15, -0.1) is 0 Å². The molecule has 12 heteroatoms. The van der Waals surface area contributed by atoms with Crippen molar-refractivity contribution in [3.63, 3.8) is 0 Å². The molecule has 0 spiro atoms. The number of carbonyl (C=O) groups is 2. The summed E-state index contributed by atoms with van der Waals surface area (Å²) in [4.78, 5) is 38.9. The Kier molecular flexibility index (Phi) is 6.63. The highest BCUT2D eigenvalue weighted by atomic mass is 16.5. The first-order valence-electron chi connectivity index (χ1n) is 12.4. The largest absolute Gasteiger partial charge is 0.493 e. The number of nitrogens with zero attached hydrogens (tertiary/aromatic N) is 6. The molecule has 200 valence electrons. The summed E-state index contributed by atoms with van der Waals surface area (Å²) >= 11 is 0. The van der Waals surface area contributed by atoms with Crippen molar-refractivity contribution >= 4 is 11.8 Å². The minimum Gasteiger partial charge on any atom is -0.493 e. The summed E-state index contributed by atoms with van der Waals surface area (Å²) in [5, 5.41) is 9.97. The van der Waals surface area contributed by atoms with Gasteiger partial charge < -0.3 is 20.1 Å². The second kappa shape index (κ2) is 10.7. The van der Waals surface area contributed by atoms with E-state index in [2.05, 4.69) is 30.7 Å². The number of amides is 2. The Morgan fingerprint density at radius 3 is 2.92 bits per heavy atom. The summed E-state index contributed by atoms with van der Waals surface area (Å²) in [7, 11) is 1.54. The Bertz CT molecular complexity index is 1700. The number of fused-ring (bicyclic) bond motifs is 7. The Balaban J connectivity index is 1.35. The molecular weight excluding hydrogens is 512 g/mol. The van der Waals surface area contributed by atoms with Gasteiger partial charge in [-0.1, -0.05) is 6.07 Å². The van der Waals surface area contributed by atoms with Gasteiger partial charge in [0.2, 0.25) is 0 Å². The molecule has 0 fully saturated rings. The molecule has 2 amide bonds. The van der Waals surface area contributed by atoms with Crippen molar-refractivity contribution in [2.45, 2.75) is 13.1 Å². The van der Waals surface area contributed by atoms with Crippen molar-refractivity contribution in [2.75, 3.05) is 13.7 Å². The molecular formula is C28H24N8O4. The number of hydrogen-bond donors (Lipinski definition) is 2. The molecule has 2 N–H and O–H groups in total. The van der Waals surface area contributed by atoms with E-state index in [1.807, 2.05) is 29.0 Å². The summed E-state index contributed by atoms with van der Waals surface area (Å²) in [6.45, 7) is 0.231. The zero-order valence-corrected chi connectivity index (χ0v) is 21.4. The topological polar surface area (TPSA) is 138 Å². The van der Waals surface area contributed by atoms with Gasteiger partial charge in [-0.3, -0.25) is 14.2 Å². The Labute approximate surface area is 228 Å². The highest BCUT2D eigenvalue weighted by molar-refractivity contribution is 5.95. The molecule has 40 heavy (non-hydrogen) atoms. The van der Waals surface area contributed by atoms with E-state index in [9.17, 15) is 9.59 Å². The predicted molar refractivity (Wildman–Crippen MR) is 143 cm³/mol. The van der Waals surface area contributed by atoms with Crippen LogP contribution in [0.3, 0.4) is 0 Å². The minimum absolute atomic E-state index is 0.194. The molecule has 5 aromatic rings. The standard InChI is InChI=1S/C28H24N8O4/c1-39-23-5-4-19-12-24(23)40-15-25(37)32-13-18-9-21(11-22(10-18)35-8-7-31-26(19)35)28(38)33-14-20-3-2-6-30-27(20)36-17-29-16-34-36/h2-12,16-17H,13-15H2,1H3,(H,32,37)(H,33,38). The molecule has 4 heterocycles. The second-order valence-electron chi connectivity index (χ2n) is 8.95. The third kappa shape index (κ3) is 4.97. The number of carbonyl (C=O) groups excluding carboxylic acids is 2. The van der Waals surface area contributed by atoms with Crippen molar-refractivity contribution < 1.29 is 19.1 Å². The van der Waals surface area contributed by atoms with Crippen LogP contribution in [0.5, 0.6) is 11.5 Å². The van der Waals surface area contributed by atoms with Crippen LogP contribution in [0.15, 0.2) is 79.8 Å². The monoisotopic (exact) mass is 536 g/mol. The van der Waals surface area contributed by atoms with E-state index in [0.29, 0.717) is 34.4 Å². The number of ether oxygens (including phenoxy) is 2. The van der Waals surface area contributed by atoms with E-state index in [-0.39, 0.29) is 31.5 Å². The van der Waals surface area contributed by atoms with E-state index in [1.165, 1.54) is 6.33 Å². The summed E-state index contributed by atoms with van der Waals surface area (Å²) in [5.41, 5.74) is 3.41. The minimum atomic E-state index is -0.307. The van der Waals surface area contributed by atoms with Gasteiger partial charge in [-0.25, -0.2) is 19.6 Å². The molecule has 0 saturated carbocycles. The third-order valence-corrected chi connectivity index (χ3v) is 6.37. The normalized spacial score (nSPS) is 12.6. The fourth-order valence-electron chi connectivity index (χ4n) is 4.46. The fourth-order valence-corrected chi connectivity index (χ4v) is 4.46. The number of aromatic nitrogens is 6. The first kappa shape index (κ1) is 24.8. The zero-order valence-electron chi connectivity index (χ0n) is 21.4. The van der Waals surface area contributed by atoms with Crippen LogP contribution >= 0.6 is 0 Å². The van der Waals surface area contributed by atoms with E-state index < -0.39 is 0 Å². The van der Waals surface area contributed by atoms with Gasteiger partial charge in [0, 0.05) is 54.1 Å². The van der Waals surface area contributed by atoms with Crippen molar-refractivity contribution in [3.05, 3.63) is 96.5 Å². The number of benzene rings is 2. The van der Waals surface area contributed by atoms with E-state index >= 15 is 0 Å². The zero-order chi connectivity index (χ0) is 27.5. The van der Waals surface area contributed by atoms with Gasteiger partial charge in [-0.05, 0) is 48.0 Å². The predicted octanol–water partition coefficient (Wildman–Crippen LogP) is 2.46. The summed E-state index contributed by atoms with van der Waals surface area (Å²) in [6.07, 6.45) is 8.14. The molecule has 0 unspecified atom stereocenters. The van der Waals surface area contributed by atoms with Gasteiger partial charge in [-0.2, -0.15) is 5.10 Å². The Morgan fingerprint density at radius 1 is 1.15 bits per heavy atom. The van der Waals surface area contributed by atoms with Gasteiger partial charge in [0.1, 0.15) is 18.5 Å². The second-order valence-corrected chi connectivity index (χ2v) is 8.95. The smallest absolute Gasteiger partial charge is 0.258 e. The van der Waals surface area contributed by atoms with Gasteiger partial charge in [0.05, 0.1) is 7.11 Å². The molecule has 1 aliphatic rings. The molecule has 2 aromatic carbocycles. The first-order valence-corrected chi connectivity index (χ1v) is 12.4. The average molecular weight is 537 g/mol. The first-order chi connectivity index (χ1) is 19.6. The number of imidazole rings is 1. The summed E-state index contributed by atoms with van der Waals surface area (Å²) in [6, 6.07) is 14.5. The van der Waals surface area contributed by atoms with Crippen LogP contribution in [-0.2, 0) is 17.9 Å². The number of methoxy groups -OCH3 is 1. The van der Waals surface area contributed by atoms with E-state index in [0.717, 1.165) is 16.7 Å². The van der Waals surface area contributed by atoms with Crippen molar-refractivity contribution in [3.8, 4) is 34.4 Å². The molecule has 3 aromatic heterocycles. The van der Waals surface area contributed by atoms with Gasteiger partial charge >= 0.3 is 0 Å². The highest BCUT2D eigenvalue weighted by Crippen LogP contribution is 2.33. The van der Waals surface area contributed by atoms with Crippen LogP contribution in [-0.4, -0.2) is 54.8 Å². The molecule has 1 aliphatic heterocycles. The number of hydrogen-bond acceptors (Lipinski definition) is 8. The van der Waals surface area contributed by atoms with Gasteiger partial charge in [0.25, 0.3) is 11.8 Å². The average Bonchev–Trinajstić information content (AvgIpc) is 3.70. The number of nitrogens with one attached hydrogen (secondary N) is 2. The molecule has 0 atom stereocenters. The van der Waals surface area contributed by atoms with Crippen LogP contribution in [0.4, 0.5) is 0 Å². The Morgan fingerprint density at radius 2 is 2.08 bits per heavy atom. The van der Waals surface area contributed by atoms with Crippen molar-refractivity contribution in [2.24, 2.45) is 0 Å². The fraction of sp³-hybridized carbons (Fsp3) is 0.143. The number of rotatable bonds is 5. The lowest BCUT2D eigenvalue weighted by atomic mass is 10.1. The quantitative estimate of drug-likeness (QED) is 0.349. The molecule has 6 rings (SSSR count). The van der Waals surface area contributed by atoms with Crippen LogP contribution in [0.25, 0.3) is 22.9 Å². The lowest BCUT2D eigenvalue weighted by molar-refractivity contribution is -0.123. The van der Waals surface area contributed by atoms with Crippen molar-refractivity contribution in [1.82, 2.24) is 39.9 Å². The summed E-state index contributed by atoms with van der Waals surface area (Å²) in [5.74, 6) is 1.55. The number of pyridine rings is 1. The molecule has 0 saturated heterocycles. The van der Waals surface area contributed by atoms with E-state index in [4.69, 9.17) is 9.47 Å². The van der Waals surface area contributed by atoms with Crippen LogP contribution in [0, 0.1) is 0 Å². The Hall–Kier alpha value is -5.52.